The van der Waals surface area contributed by atoms with Crippen molar-refractivity contribution < 1.29 is 0 Å². The van der Waals surface area contributed by atoms with E-state index in [0.29, 0.717) is 5.92 Å². The first-order valence-corrected chi connectivity index (χ1v) is 6.92. The molecule has 1 N–H and O–H groups in total. The predicted octanol–water partition coefficient (Wildman–Crippen LogP) is 3.74. The average molecular weight is 253 g/mol. The zero-order valence-corrected chi connectivity index (χ0v) is 11.5. The summed E-state index contributed by atoms with van der Waals surface area (Å²) in [5, 5.41) is 7.28. The number of nitrogens with zero attached hydrogens (tertiary/aromatic N) is 2. The molecular formula is C11H15N3S2. The van der Waals surface area contributed by atoms with Crippen LogP contribution in [-0.4, -0.2) is 17.0 Å². The van der Waals surface area contributed by atoms with Crippen LogP contribution in [0.5, 0.6) is 0 Å². The smallest absolute Gasteiger partial charge is 0.182 e. The van der Waals surface area contributed by atoms with E-state index in [4.69, 9.17) is 0 Å². The summed E-state index contributed by atoms with van der Waals surface area (Å²) in [7, 11) is 1.89. The van der Waals surface area contributed by atoms with Gasteiger partial charge in [-0.05, 0) is 6.92 Å². The van der Waals surface area contributed by atoms with Crippen LogP contribution in [0.1, 0.15) is 30.5 Å². The van der Waals surface area contributed by atoms with E-state index in [1.54, 1.807) is 22.7 Å². The van der Waals surface area contributed by atoms with E-state index in [1.807, 2.05) is 7.05 Å². The lowest BCUT2D eigenvalue weighted by molar-refractivity contribution is 0.847. The molecule has 86 valence electrons. The highest BCUT2D eigenvalue weighted by atomic mass is 32.1. The third-order valence-electron chi connectivity index (χ3n) is 2.26. The molecule has 2 rings (SSSR count). The minimum atomic E-state index is 0.486. The summed E-state index contributed by atoms with van der Waals surface area (Å²) in [5.74, 6) is 0.486. The van der Waals surface area contributed by atoms with Gasteiger partial charge in [0.15, 0.2) is 5.13 Å². The molecule has 0 unspecified atom stereocenters. The van der Waals surface area contributed by atoms with Gasteiger partial charge in [-0.2, -0.15) is 0 Å². The maximum absolute atomic E-state index is 4.58. The Kier molecular flexibility index (Phi) is 3.25. The third-order valence-corrected chi connectivity index (χ3v) is 4.60. The van der Waals surface area contributed by atoms with E-state index in [-0.39, 0.29) is 0 Å². The molecule has 2 aromatic rings. The summed E-state index contributed by atoms with van der Waals surface area (Å²) >= 11 is 3.38. The molecule has 0 amide bonds. The summed E-state index contributed by atoms with van der Waals surface area (Å²) in [6.45, 7) is 6.39. The number of aryl methyl sites for hydroxylation is 1. The zero-order chi connectivity index (χ0) is 11.7. The van der Waals surface area contributed by atoms with E-state index >= 15 is 0 Å². The van der Waals surface area contributed by atoms with E-state index in [9.17, 15) is 0 Å². The Hall–Kier alpha value is -0.940. The first-order chi connectivity index (χ1) is 7.61. The highest BCUT2D eigenvalue weighted by Gasteiger charge is 2.14. The fourth-order valence-corrected chi connectivity index (χ4v) is 3.16. The Morgan fingerprint density at radius 3 is 2.56 bits per heavy atom. The van der Waals surface area contributed by atoms with Crippen LogP contribution in [0.15, 0.2) is 5.38 Å². The highest BCUT2D eigenvalue weighted by Crippen LogP contribution is 2.34. The van der Waals surface area contributed by atoms with Crippen LogP contribution in [0, 0.1) is 6.92 Å². The molecule has 0 aliphatic carbocycles. The summed E-state index contributed by atoms with van der Waals surface area (Å²) in [6.07, 6.45) is 0. The highest BCUT2D eigenvalue weighted by molar-refractivity contribution is 7.16. The molecule has 0 saturated heterocycles. The molecule has 0 saturated carbocycles. The molecule has 5 heteroatoms. The van der Waals surface area contributed by atoms with Gasteiger partial charge in [0, 0.05) is 18.3 Å². The number of hydrogen-bond acceptors (Lipinski definition) is 5. The molecule has 0 spiro atoms. The Morgan fingerprint density at radius 1 is 1.31 bits per heavy atom. The molecule has 3 nitrogen and oxygen atoms in total. The van der Waals surface area contributed by atoms with Crippen LogP contribution in [0.3, 0.4) is 0 Å². The molecule has 0 fully saturated rings. The maximum atomic E-state index is 4.58. The Labute approximate surface area is 104 Å². The number of rotatable bonds is 3. The second-order valence-corrected chi connectivity index (χ2v) is 5.80. The van der Waals surface area contributed by atoms with Crippen molar-refractivity contribution in [2.24, 2.45) is 0 Å². The fraction of sp³-hybridized carbons (Fsp3) is 0.455. The molecule has 2 aromatic heterocycles. The molecule has 16 heavy (non-hydrogen) atoms. The zero-order valence-electron chi connectivity index (χ0n) is 9.87. The molecular weight excluding hydrogens is 238 g/mol. The number of nitrogens with one attached hydrogen (secondary N) is 1. The van der Waals surface area contributed by atoms with E-state index in [0.717, 1.165) is 16.5 Å². The van der Waals surface area contributed by atoms with Gasteiger partial charge in [-0.3, -0.25) is 0 Å². The SMILES string of the molecule is CNc1nc(-c2sc(C(C)C)nc2C)cs1. The second kappa shape index (κ2) is 4.51. The quantitative estimate of drug-likeness (QED) is 0.905. The molecule has 0 aromatic carbocycles. The molecule has 2 heterocycles. The Morgan fingerprint density at radius 2 is 2.06 bits per heavy atom. The van der Waals surface area contributed by atoms with Crippen molar-refractivity contribution in [1.29, 1.82) is 0 Å². The summed E-state index contributed by atoms with van der Waals surface area (Å²) in [4.78, 5) is 10.3. The van der Waals surface area contributed by atoms with Gasteiger partial charge < -0.3 is 5.32 Å². The number of anilines is 1. The lowest BCUT2D eigenvalue weighted by Crippen LogP contribution is -1.86. The predicted molar refractivity (Wildman–Crippen MR) is 71.6 cm³/mol. The van der Waals surface area contributed by atoms with Gasteiger partial charge in [0.2, 0.25) is 0 Å². The molecule has 0 aliphatic rings. The van der Waals surface area contributed by atoms with E-state index in [1.165, 1.54) is 9.88 Å². The van der Waals surface area contributed by atoms with Crippen molar-refractivity contribution in [2.45, 2.75) is 26.7 Å². The van der Waals surface area contributed by atoms with Crippen LogP contribution in [0.25, 0.3) is 10.6 Å². The van der Waals surface area contributed by atoms with Crippen molar-refractivity contribution in [3.8, 4) is 10.6 Å². The van der Waals surface area contributed by atoms with Gasteiger partial charge in [0.05, 0.1) is 21.3 Å². The average Bonchev–Trinajstić information content (AvgIpc) is 2.83. The topological polar surface area (TPSA) is 37.8 Å². The molecule has 0 bridgehead atoms. The Balaban J connectivity index is 2.39. The van der Waals surface area contributed by atoms with Crippen molar-refractivity contribution in [1.82, 2.24) is 9.97 Å². The normalized spacial score (nSPS) is 11.1. The first-order valence-electron chi connectivity index (χ1n) is 5.22. The van der Waals surface area contributed by atoms with Gasteiger partial charge in [-0.25, -0.2) is 9.97 Å². The maximum Gasteiger partial charge on any atom is 0.182 e. The van der Waals surface area contributed by atoms with Crippen LogP contribution in [0.4, 0.5) is 5.13 Å². The van der Waals surface area contributed by atoms with Gasteiger partial charge in [-0.1, -0.05) is 13.8 Å². The van der Waals surface area contributed by atoms with Crippen molar-refractivity contribution in [3.05, 3.63) is 16.1 Å². The van der Waals surface area contributed by atoms with Gasteiger partial charge in [-0.15, -0.1) is 22.7 Å². The van der Waals surface area contributed by atoms with Crippen LogP contribution in [0.2, 0.25) is 0 Å². The van der Waals surface area contributed by atoms with Crippen molar-refractivity contribution in [2.75, 3.05) is 12.4 Å². The number of thiazole rings is 2. The Bertz CT molecular complexity index is 485. The van der Waals surface area contributed by atoms with Crippen molar-refractivity contribution >= 4 is 27.8 Å². The van der Waals surface area contributed by atoms with Crippen molar-refractivity contribution in [3.63, 3.8) is 0 Å². The van der Waals surface area contributed by atoms with Crippen LogP contribution >= 0.6 is 22.7 Å². The summed E-state index contributed by atoms with van der Waals surface area (Å²) < 4.78 is 0. The monoisotopic (exact) mass is 253 g/mol. The van der Waals surface area contributed by atoms with Gasteiger partial charge in [0.1, 0.15) is 0 Å². The fourth-order valence-electron chi connectivity index (χ4n) is 1.39. The summed E-state index contributed by atoms with van der Waals surface area (Å²) in [5.41, 5.74) is 2.12. The number of aromatic nitrogens is 2. The molecule has 0 atom stereocenters. The van der Waals surface area contributed by atoms with Gasteiger partial charge in [0.25, 0.3) is 0 Å². The van der Waals surface area contributed by atoms with E-state index in [2.05, 4.69) is 41.4 Å². The molecule has 0 aliphatic heterocycles. The lowest BCUT2D eigenvalue weighted by Gasteiger charge is -1.95. The minimum absolute atomic E-state index is 0.486. The lowest BCUT2D eigenvalue weighted by atomic mass is 10.2. The van der Waals surface area contributed by atoms with Crippen LogP contribution in [-0.2, 0) is 0 Å². The minimum Gasteiger partial charge on any atom is -0.365 e. The first kappa shape index (κ1) is 11.5. The second-order valence-electron chi connectivity index (χ2n) is 3.91. The largest absolute Gasteiger partial charge is 0.365 e. The third kappa shape index (κ3) is 2.10. The van der Waals surface area contributed by atoms with E-state index < -0.39 is 0 Å². The molecule has 0 radical (unpaired) electrons. The van der Waals surface area contributed by atoms with Gasteiger partial charge >= 0.3 is 0 Å². The summed E-state index contributed by atoms with van der Waals surface area (Å²) in [6, 6.07) is 0. The van der Waals surface area contributed by atoms with Crippen LogP contribution < -0.4 is 5.32 Å². The standard InChI is InChI=1S/C11H15N3S2/c1-6(2)10-13-7(3)9(16-10)8-5-15-11(12-4)14-8/h5-6H,1-4H3,(H,12,14). The number of hydrogen-bond donors (Lipinski definition) is 1.